The summed E-state index contributed by atoms with van der Waals surface area (Å²) in [5.74, 6) is 0.0103. The topological polar surface area (TPSA) is 84.3 Å². The van der Waals surface area contributed by atoms with E-state index in [2.05, 4.69) is 30.6 Å². The van der Waals surface area contributed by atoms with Crippen molar-refractivity contribution < 1.29 is 4.39 Å². The molecule has 1 aromatic carbocycles. The first-order valence-electron chi connectivity index (χ1n) is 8.21. The maximum atomic E-state index is 14.7. The van der Waals surface area contributed by atoms with Crippen molar-refractivity contribution in [2.75, 3.05) is 7.05 Å². The highest BCUT2D eigenvalue weighted by molar-refractivity contribution is 5.89. The lowest BCUT2D eigenvalue weighted by Gasteiger charge is -2.09. The van der Waals surface area contributed by atoms with Gasteiger partial charge in [-0.25, -0.2) is 14.4 Å². The molecule has 3 heterocycles. The summed E-state index contributed by atoms with van der Waals surface area (Å²) in [6, 6.07) is 3.46. The van der Waals surface area contributed by atoms with E-state index >= 15 is 0 Å². The molecule has 0 atom stereocenters. The second-order valence-corrected chi connectivity index (χ2v) is 6.23. The first-order chi connectivity index (χ1) is 12.6. The predicted molar refractivity (Wildman–Crippen MR) is 96.8 cm³/mol. The van der Waals surface area contributed by atoms with Crippen LogP contribution in [0.5, 0.6) is 0 Å². The zero-order valence-electron chi connectivity index (χ0n) is 14.7. The van der Waals surface area contributed by atoms with Gasteiger partial charge in [0.15, 0.2) is 5.82 Å². The van der Waals surface area contributed by atoms with E-state index in [0.717, 1.165) is 16.7 Å². The molecule has 0 aliphatic rings. The van der Waals surface area contributed by atoms with Crippen molar-refractivity contribution in [1.29, 1.82) is 0 Å². The van der Waals surface area contributed by atoms with Crippen molar-refractivity contribution in [1.82, 2.24) is 35.3 Å². The zero-order valence-corrected chi connectivity index (χ0v) is 14.7. The number of aromatic amines is 1. The lowest BCUT2D eigenvalue weighted by Crippen LogP contribution is -2.06. The van der Waals surface area contributed by atoms with Crippen molar-refractivity contribution in [2.45, 2.75) is 13.5 Å². The third kappa shape index (κ3) is 2.74. The van der Waals surface area contributed by atoms with Crippen LogP contribution in [0, 0.1) is 12.7 Å². The standard InChI is InChI=1S/C18H18FN7/c1-10-4-11(6-20-2)5-13(19)15(10)18-21-8-14-17(23-18)16(25-24-14)12-7-22-26(3)9-12/h4-5,7-9,20H,6H2,1-3H3,(H,24,25). The van der Waals surface area contributed by atoms with Crippen LogP contribution in [-0.2, 0) is 13.6 Å². The number of rotatable bonds is 4. The van der Waals surface area contributed by atoms with Crippen molar-refractivity contribution >= 4 is 11.0 Å². The molecule has 8 heteroatoms. The number of nitrogens with one attached hydrogen (secondary N) is 2. The Labute approximate surface area is 149 Å². The largest absolute Gasteiger partial charge is 0.316 e. The Hall–Kier alpha value is -3.13. The summed E-state index contributed by atoms with van der Waals surface area (Å²) in [5, 5.41) is 14.4. The molecule has 2 N–H and O–H groups in total. The van der Waals surface area contributed by atoms with Gasteiger partial charge in [0.2, 0.25) is 0 Å². The molecule has 0 aliphatic carbocycles. The molecule has 0 fully saturated rings. The van der Waals surface area contributed by atoms with Crippen LogP contribution in [-0.4, -0.2) is 37.0 Å². The SMILES string of the molecule is CNCc1cc(C)c(-c2ncc3[nH]nc(-c4cnn(C)c4)c3n2)c(F)c1. The molecule has 0 bridgehead atoms. The van der Waals surface area contributed by atoms with Crippen molar-refractivity contribution in [2.24, 2.45) is 7.05 Å². The third-order valence-electron chi connectivity index (χ3n) is 4.23. The summed E-state index contributed by atoms with van der Waals surface area (Å²) in [5.41, 5.74) is 4.92. The number of halogens is 1. The van der Waals surface area contributed by atoms with Crippen LogP contribution in [0.2, 0.25) is 0 Å². The number of H-pyrrole nitrogens is 1. The molecular formula is C18H18FN7. The number of fused-ring (bicyclic) bond motifs is 1. The molecule has 4 aromatic rings. The fourth-order valence-corrected chi connectivity index (χ4v) is 3.08. The first kappa shape index (κ1) is 16.3. The maximum absolute atomic E-state index is 14.7. The summed E-state index contributed by atoms with van der Waals surface area (Å²) in [7, 11) is 3.67. The van der Waals surface area contributed by atoms with Gasteiger partial charge in [0.05, 0.1) is 18.0 Å². The van der Waals surface area contributed by atoms with Gasteiger partial charge >= 0.3 is 0 Å². The van der Waals surface area contributed by atoms with Crippen LogP contribution >= 0.6 is 0 Å². The fraction of sp³-hybridized carbons (Fsp3) is 0.222. The number of aryl methyl sites for hydroxylation is 2. The Morgan fingerprint density at radius 2 is 2.12 bits per heavy atom. The van der Waals surface area contributed by atoms with Gasteiger partial charge in [0.1, 0.15) is 22.5 Å². The van der Waals surface area contributed by atoms with Crippen LogP contribution in [0.15, 0.2) is 30.7 Å². The van der Waals surface area contributed by atoms with Crippen LogP contribution < -0.4 is 5.32 Å². The van der Waals surface area contributed by atoms with Gasteiger partial charge in [-0.3, -0.25) is 9.78 Å². The zero-order chi connectivity index (χ0) is 18.3. The minimum absolute atomic E-state index is 0.332. The Bertz CT molecular complexity index is 1070. The molecule has 4 rings (SSSR count). The van der Waals surface area contributed by atoms with Crippen molar-refractivity contribution in [3.05, 3.63) is 47.7 Å². The lowest BCUT2D eigenvalue weighted by atomic mass is 10.0. The van der Waals surface area contributed by atoms with E-state index in [0.29, 0.717) is 34.7 Å². The predicted octanol–water partition coefficient (Wildman–Crippen LogP) is 2.59. The van der Waals surface area contributed by atoms with Crippen molar-refractivity contribution in [3.63, 3.8) is 0 Å². The lowest BCUT2D eigenvalue weighted by molar-refractivity contribution is 0.625. The second-order valence-electron chi connectivity index (χ2n) is 6.23. The third-order valence-corrected chi connectivity index (χ3v) is 4.23. The van der Waals surface area contributed by atoms with Gasteiger partial charge in [-0.1, -0.05) is 6.07 Å². The number of benzene rings is 1. The molecule has 7 nitrogen and oxygen atoms in total. The molecule has 26 heavy (non-hydrogen) atoms. The number of aromatic nitrogens is 6. The Balaban J connectivity index is 1.86. The maximum Gasteiger partial charge on any atom is 0.163 e. The van der Waals surface area contributed by atoms with Gasteiger partial charge in [0.25, 0.3) is 0 Å². The minimum Gasteiger partial charge on any atom is -0.316 e. The summed E-state index contributed by atoms with van der Waals surface area (Å²) in [4.78, 5) is 8.92. The minimum atomic E-state index is -0.332. The molecule has 0 spiro atoms. The first-order valence-corrected chi connectivity index (χ1v) is 8.21. The van der Waals surface area contributed by atoms with E-state index in [9.17, 15) is 4.39 Å². The number of hydrogen-bond donors (Lipinski definition) is 2. The molecule has 0 aliphatic heterocycles. The van der Waals surface area contributed by atoms with Crippen LogP contribution in [0.1, 0.15) is 11.1 Å². The molecule has 0 unspecified atom stereocenters. The highest BCUT2D eigenvalue weighted by Crippen LogP contribution is 2.29. The van der Waals surface area contributed by atoms with E-state index < -0.39 is 0 Å². The average Bonchev–Trinajstić information content (AvgIpc) is 3.20. The van der Waals surface area contributed by atoms with Gasteiger partial charge < -0.3 is 5.32 Å². The summed E-state index contributed by atoms with van der Waals surface area (Å²) >= 11 is 0. The van der Waals surface area contributed by atoms with Gasteiger partial charge in [-0.05, 0) is 31.2 Å². The van der Waals surface area contributed by atoms with Crippen LogP contribution in [0.25, 0.3) is 33.7 Å². The van der Waals surface area contributed by atoms with E-state index in [1.54, 1.807) is 17.1 Å². The van der Waals surface area contributed by atoms with Gasteiger partial charge in [-0.15, -0.1) is 0 Å². The van der Waals surface area contributed by atoms with E-state index in [1.165, 1.54) is 6.07 Å². The molecule has 0 saturated heterocycles. The number of hydrogen-bond acceptors (Lipinski definition) is 5. The van der Waals surface area contributed by atoms with E-state index in [-0.39, 0.29) is 5.82 Å². The number of nitrogens with zero attached hydrogens (tertiary/aromatic N) is 5. The molecule has 132 valence electrons. The van der Waals surface area contributed by atoms with Crippen LogP contribution in [0.3, 0.4) is 0 Å². The van der Waals surface area contributed by atoms with Gasteiger partial charge in [-0.2, -0.15) is 10.2 Å². The average molecular weight is 351 g/mol. The summed E-state index contributed by atoms with van der Waals surface area (Å²) in [6.07, 6.45) is 5.20. The highest BCUT2D eigenvalue weighted by atomic mass is 19.1. The highest BCUT2D eigenvalue weighted by Gasteiger charge is 2.17. The molecule has 0 saturated carbocycles. The normalized spacial score (nSPS) is 11.4. The Morgan fingerprint density at radius 3 is 2.81 bits per heavy atom. The van der Waals surface area contributed by atoms with Crippen molar-refractivity contribution in [3.8, 4) is 22.6 Å². The Kier molecular flexibility index (Phi) is 3.96. The quantitative estimate of drug-likeness (QED) is 0.590. The van der Waals surface area contributed by atoms with E-state index in [4.69, 9.17) is 0 Å². The molecule has 3 aromatic heterocycles. The fourth-order valence-electron chi connectivity index (χ4n) is 3.08. The Morgan fingerprint density at radius 1 is 1.27 bits per heavy atom. The van der Waals surface area contributed by atoms with E-state index in [1.807, 2.05) is 33.3 Å². The molecule has 0 amide bonds. The smallest absolute Gasteiger partial charge is 0.163 e. The molecular weight excluding hydrogens is 333 g/mol. The molecule has 0 radical (unpaired) electrons. The summed E-state index contributed by atoms with van der Waals surface area (Å²) in [6.45, 7) is 2.47. The van der Waals surface area contributed by atoms with Gasteiger partial charge in [0, 0.05) is 25.4 Å². The van der Waals surface area contributed by atoms with Crippen LogP contribution in [0.4, 0.5) is 4.39 Å². The summed E-state index contributed by atoms with van der Waals surface area (Å²) < 4.78 is 16.4. The monoisotopic (exact) mass is 351 g/mol. The second kappa shape index (κ2) is 6.30.